The molecule has 1 amide bonds. The molecule has 0 bridgehead atoms. The molecule has 1 fully saturated rings. The third kappa shape index (κ3) is 2.28. The van der Waals surface area contributed by atoms with Crippen molar-refractivity contribution in [2.75, 3.05) is 6.54 Å². The van der Waals surface area contributed by atoms with Gasteiger partial charge in [-0.2, -0.15) is 0 Å². The zero-order valence-corrected chi connectivity index (χ0v) is 10.1. The molecule has 0 N–H and O–H groups in total. The smallest absolute Gasteiger partial charge is 0.219 e. The number of nitrogens with zero attached hydrogens (tertiary/aromatic N) is 1. The Morgan fingerprint density at radius 2 is 2.00 bits per heavy atom. The number of carbonyl (C=O) groups is 1. The molecule has 1 rings (SSSR count). The quantitative estimate of drug-likeness (QED) is 0.633. The fourth-order valence-electron chi connectivity index (χ4n) is 2.60. The van der Waals surface area contributed by atoms with Gasteiger partial charge in [0.2, 0.25) is 5.91 Å². The van der Waals surface area contributed by atoms with Crippen LogP contribution in [0.5, 0.6) is 0 Å². The lowest BCUT2D eigenvalue weighted by Crippen LogP contribution is -2.52. The van der Waals surface area contributed by atoms with Crippen molar-refractivity contribution in [3.63, 3.8) is 0 Å². The summed E-state index contributed by atoms with van der Waals surface area (Å²) in [6, 6.07) is 0. The molecule has 1 saturated heterocycles. The zero-order valence-electron chi connectivity index (χ0n) is 10.1. The fourth-order valence-corrected chi connectivity index (χ4v) is 2.60. The second kappa shape index (κ2) is 3.92. The van der Waals surface area contributed by atoms with Crippen LogP contribution in [0, 0.1) is 11.8 Å². The predicted molar refractivity (Wildman–Crippen MR) is 59.0 cm³/mol. The Bertz CT molecular complexity index is 220. The van der Waals surface area contributed by atoms with E-state index in [0.29, 0.717) is 0 Å². The third-order valence-corrected chi connectivity index (χ3v) is 3.54. The topological polar surface area (TPSA) is 20.3 Å². The third-order valence-electron chi connectivity index (χ3n) is 3.54. The van der Waals surface area contributed by atoms with Crippen LogP contribution >= 0.6 is 0 Å². The highest BCUT2D eigenvalue weighted by atomic mass is 16.2. The number of likely N-dealkylation sites (tertiary alicyclic amines) is 1. The number of hydrogen-bond acceptors (Lipinski definition) is 1. The minimum Gasteiger partial charge on any atom is -0.338 e. The van der Waals surface area contributed by atoms with Crippen molar-refractivity contribution in [3.05, 3.63) is 0 Å². The van der Waals surface area contributed by atoms with Gasteiger partial charge in [0.15, 0.2) is 0 Å². The summed E-state index contributed by atoms with van der Waals surface area (Å²) in [4.78, 5) is 13.4. The molecule has 0 spiro atoms. The molecule has 1 atom stereocenters. The highest BCUT2D eigenvalue weighted by Gasteiger charge is 2.36. The van der Waals surface area contributed by atoms with Gasteiger partial charge in [0.1, 0.15) is 0 Å². The Hall–Kier alpha value is -0.530. The van der Waals surface area contributed by atoms with Gasteiger partial charge in [-0.05, 0) is 38.5 Å². The van der Waals surface area contributed by atoms with Crippen molar-refractivity contribution in [2.45, 2.75) is 53.0 Å². The van der Waals surface area contributed by atoms with E-state index < -0.39 is 0 Å². The molecule has 1 heterocycles. The summed E-state index contributed by atoms with van der Waals surface area (Å²) < 4.78 is 0. The first-order valence-electron chi connectivity index (χ1n) is 5.63. The molecule has 0 radical (unpaired) electrons. The van der Waals surface area contributed by atoms with Crippen LogP contribution in [0.2, 0.25) is 0 Å². The van der Waals surface area contributed by atoms with E-state index in [0.717, 1.165) is 24.8 Å². The molecule has 2 nitrogen and oxygen atoms in total. The fraction of sp³-hybridized carbons (Fsp3) is 0.917. The van der Waals surface area contributed by atoms with Crippen LogP contribution in [-0.4, -0.2) is 22.9 Å². The van der Waals surface area contributed by atoms with Gasteiger partial charge >= 0.3 is 0 Å². The second-order valence-electron chi connectivity index (χ2n) is 5.48. The van der Waals surface area contributed by atoms with E-state index in [1.54, 1.807) is 6.92 Å². The van der Waals surface area contributed by atoms with E-state index in [9.17, 15) is 4.79 Å². The lowest BCUT2D eigenvalue weighted by molar-refractivity contribution is -0.137. The lowest BCUT2D eigenvalue weighted by atomic mass is 9.77. The van der Waals surface area contributed by atoms with Crippen LogP contribution in [0.3, 0.4) is 0 Å². The summed E-state index contributed by atoms with van der Waals surface area (Å²) in [5.41, 5.74) is 0.0546. The minimum absolute atomic E-state index is 0.0546. The van der Waals surface area contributed by atoms with Gasteiger partial charge in [-0.1, -0.05) is 13.8 Å². The van der Waals surface area contributed by atoms with E-state index in [4.69, 9.17) is 0 Å². The molecule has 1 aliphatic heterocycles. The van der Waals surface area contributed by atoms with Crippen molar-refractivity contribution >= 4 is 5.91 Å². The lowest BCUT2D eigenvalue weighted by Gasteiger charge is -2.46. The summed E-state index contributed by atoms with van der Waals surface area (Å²) in [5.74, 6) is 1.74. The molecule has 1 aliphatic rings. The van der Waals surface area contributed by atoms with E-state index in [1.165, 1.54) is 6.42 Å². The summed E-state index contributed by atoms with van der Waals surface area (Å²) in [6.07, 6.45) is 2.31. The second-order valence-corrected chi connectivity index (χ2v) is 5.48. The van der Waals surface area contributed by atoms with Gasteiger partial charge in [-0.3, -0.25) is 4.79 Å². The van der Waals surface area contributed by atoms with Crippen molar-refractivity contribution in [3.8, 4) is 0 Å². The highest BCUT2D eigenvalue weighted by Crippen LogP contribution is 2.35. The van der Waals surface area contributed by atoms with E-state index in [-0.39, 0.29) is 11.4 Å². The molecule has 0 saturated carbocycles. The molecule has 0 aromatic heterocycles. The Kier molecular flexibility index (Phi) is 3.23. The monoisotopic (exact) mass is 197 g/mol. The molecule has 2 heteroatoms. The number of hydrogen-bond donors (Lipinski definition) is 0. The van der Waals surface area contributed by atoms with Crippen LogP contribution in [-0.2, 0) is 4.79 Å². The standard InChI is InChI=1S/C12H23NO/c1-9(2)11-6-7-13(10(3)14)12(4,5)8-11/h9,11H,6-8H2,1-5H3. The maximum atomic E-state index is 11.4. The number of amides is 1. The van der Waals surface area contributed by atoms with Crippen LogP contribution in [0.4, 0.5) is 0 Å². The SMILES string of the molecule is CC(=O)N1CCC(C(C)C)CC1(C)C. The molecule has 0 aliphatic carbocycles. The summed E-state index contributed by atoms with van der Waals surface area (Å²) in [7, 11) is 0. The molecule has 82 valence electrons. The largest absolute Gasteiger partial charge is 0.338 e. The van der Waals surface area contributed by atoms with Gasteiger partial charge in [0.25, 0.3) is 0 Å². The Morgan fingerprint density at radius 1 is 1.43 bits per heavy atom. The average molecular weight is 197 g/mol. The van der Waals surface area contributed by atoms with Gasteiger partial charge in [-0.15, -0.1) is 0 Å². The maximum Gasteiger partial charge on any atom is 0.219 e. The van der Waals surface area contributed by atoms with E-state index >= 15 is 0 Å². The van der Waals surface area contributed by atoms with E-state index in [2.05, 4.69) is 27.7 Å². The first-order valence-corrected chi connectivity index (χ1v) is 5.63. The molecule has 0 aromatic rings. The van der Waals surface area contributed by atoms with Crippen molar-refractivity contribution in [1.29, 1.82) is 0 Å². The van der Waals surface area contributed by atoms with Gasteiger partial charge < -0.3 is 4.90 Å². The van der Waals surface area contributed by atoms with Gasteiger partial charge in [-0.25, -0.2) is 0 Å². The predicted octanol–water partition coefficient (Wildman–Crippen LogP) is 2.68. The molecule has 14 heavy (non-hydrogen) atoms. The highest BCUT2D eigenvalue weighted by molar-refractivity contribution is 5.74. The van der Waals surface area contributed by atoms with Gasteiger partial charge in [0.05, 0.1) is 0 Å². The Morgan fingerprint density at radius 3 is 2.36 bits per heavy atom. The van der Waals surface area contributed by atoms with Crippen LogP contribution < -0.4 is 0 Å². The average Bonchev–Trinajstić information content (AvgIpc) is 2.01. The van der Waals surface area contributed by atoms with Gasteiger partial charge in [0, 0.05) is 19.0 Å². The molecular weight excluding hydrogens is 174 g/mol. The molecule has 1 unspecified atom stereocenters. The maximum absolute atomic E-state index is 11.4. The number of rotatable bonds is 1. The zero-order chi connectivity index (χ0) is 10.9. The van der Waals surface area contributed by atoms with Crippen LogP contribution in [0.15, 0.2) is 0 Å². The number of carbonyl (C=O) groups excluding carboxylic acids is 1. The normalized spacial score (nSPS) is 26.7. The van der Waals surface area contributed by atoms with E-state index in [1.807, 2.05) is 4.90 Å². The summed E-state index contributed by atoms with van der Waals surface area (Å²) in [6.45, 7) is 11.5. The molecule has 0 aromatic carbocycles. The van der Waals surface area contributed by atoms with Crippen LogP contribution in [0.1, 0.15) is 47.5 Å². The number of piperidine rings is 1. The Balaban J connectivity index is 2.70. The first-order chi connectivity index (χ1) is 6.34. The minimum atomic E-state index is 0.0546. The van der Waals surface area contributed by atoms with Crippen molar-refractivity contribution < 1.29 is 4.79 Å². The summed E-state index contributed by atoms with van der Waals surface area (Å²) in [5, 5.41) is 0. The van der Waals surface area contributed by atoms with Crippen molar-refractivity contribution in [2.24, 2.45) is 11.8 Å². The Labute approximate surface area is 87.7 Å². The summed E-state index contributed by atoms with van der Waals surface area (Å²) >= 11 is 0. The first kappa shape index (κ1) is 11.5. The van der Waals surface area contributed by atoms with Crippen LogP contribution in [0.25, 0.3) is 0 Å². The molecular formula is C12H23NO. The van der Waals surface area contributed by atoms with Crippen molar-refractivity contribution in [1.82, 2.24) is 4.90 Å².